The Balaban J connectivity index is 2.18. The predicted molar refractivity (Wildman–Crippen MR) is 102 cm³/mol. The zero-order valence-corrected chi connectivity index (χ0v) is 15.5. The van der Waals surface area contributed by atoms with Crippen molar-refractivity contribution in [2.24, 2.45) is 5.92 Å². The standard InChI is InChI=1S/C21H25FN2O2/c1-13(2)15-9-6-8-12-18(15)23-21(26)19(14(3)4)24-20(25)16-10-5-7-11-17(16)22/h5-14,19H,1-4H3,(H,23,26)(H,24,25)/t19-/m0/s1. The van der Waals surface area contributed by atoms with E-state index in [1.165, 1.54) is 18.2 Å². The van der Waals surface area contributed by atoms with Crippen LogP contribution >= 0.6 is 0 Å². The molecule has 0 aliphatic rings. The summed E-state index contributed by atoms with van der Waals surface area (Å²) in [6, 6.07) is 12.5. The minimum Gasteiger partial charge on any atom is -0.340 e. The van der Waals surface area contributed by atoms with Crippen molar-refractivity contribution in [3.8, 4) is 0 Å². The lowest BCUT2D eigenvalue weighted by molar-refractivity contribution is -0.118. The van der Waals surface area contributed by atoms with Gasteiger partial charge in [-0.25, -0.2) is 4.39 Å². The molecular formula is C21H25FN2O2. The summed E-state index contributed by atoms with van der Waals surface area (Å²) in [6.45, 7) is 7.76. The lowest BCUT2D eigenvalue weighted by atomic mass is 9.99. The molecule has 4 nitrogen and oxygen atoms in total. The summed E-state index contributed by atoms with van der Waals surface area (Å²) in [4.78, 5) is 25.1. The molecule has 1 atom stereocenters. The summed E-state index contributed by atoms with van der Waals surface area (Å²) in [5.41, 5.74) is 1.66. The molecule has 0 unspecified atom stereocenters. The number of rotatable bonds is 6. The van der Waals surface area contributed by atoms with E-state index in [-0.39, 0.29) is 23.3 Å². The normalized spacial score (nSPS) is 12.1. The second-order valence-corrected chi connectivity index (χ2v) is 6.91. The fourth-order valence-electron chi connectivity index (χ4n) is 2.72. The fraction of sp³-hybridized carbons (Fsp3) is 0.333. The van der Waals surface area contributed by atoms with E-state index in [1.54, 1.807) is 6.07 Å². The number of amides is 2. The van der Waals surface area contributed by atoms with Crippen LogP contribution in [0.3, 0.4) is 0 Å². The van der Waals surface area contributed by atoms with Crippen molar-refractivity contribution in [3.05, 3.63) is 65.5 Å². The molecule has 0 saturated carbocycles. The molecule has 0 bridgehead atoms. The fourth-order valence-corrected chi connectivity index (χ4v) is 2.72. The Morgan fingerprint density at radius 3 is 2.15 bits per heavy atom. The topological polar surface area (TPSA) is 58.2 Å². The maximum Gasteiger partial charge on any atom is 0.254 e. The quantitative estimate of drug-likeness (QED) is 0.809. The predicted octanol–water partition coefficient (Wildman–Crippen LogP) is 4.34. The zero-order valence-electron chi connectivity index (χ0n) is 15.5. The highest BCUT2D eigenvalue weighted by molar-refractivity contribution is 6.01. The summed E-state index contributed by atoms with van der Waals surface area (Å²) < 4.78 is 13.8. The first kappa shape index (κ1) is 19.6. The number of nitrogens with one attached hydrogen (secondary N) is 2. The van der Waals surface area contributed by atoms with Gasteiger partial charge >= 0.3 is 0 Å². The second kappa shape index (κ2) is 8.61. The number of carbonyl (C=O) groups is 2. The highest BCUT2D eigenvalue weighted by Crippen LogP contribution is 2.24. The molecule has 0 saturated heterocycles. The SMILES string of the molecule is CC(C)c1ccccc1NC(=O)[C@@H](NC(=O)c1ccccc1F)C(C)C. The summed E-state index contributed by atoms with van der Waals surface area (Å²) >= 11 is 0. The van der Waals surface area contributed by atoms with E-state index in [0.717, 1.165) is 11.3 Å². The van der Waals surface area contributed by atoms with E-state index in [1.807, 2.05) is 52.0 Å². The lowest BCUT2D eigenvalue weighted by Gasteiger charge is -2.23. The van der Waals surface area contributed by atoms with Crippen molar-refractivity contribution in [1.29, 1.82) is 0 Å². The van der Waals surface area contributed by atoms with Crippen molar-refractivity contribution in [2.45, 2.75) is 39.7 Å². The Labute approximate surface area is 153 Å². The molecule has 2 rings (SSSR count). The van der Waals surface area contributed by atoms with Gasteiger partial charge in [0.25, 0.3) is 5.91 Å². The maximum absolute atomic E-state index is 13.8. The van der Waals surface area contributed by atoms with E-state index in [2.05, 4.69) is 10.6 Å². The van der Waals surface area contributed by atoms with Gasteiger partial charge in [-0.3, -0.25) is 9.59 Å². The second-order valence-electron chi connectivity index (χ2n) is 6.91. The molecule has 2 N–H and O–H groups in total. The Bertz CT molecular complexity index is 787. The first-order chi connectivity index (χ1) is 12.3. The Morgan fingerprint density at radius 2 is 1.54 bits per heavy atom. The van der Waals surface area contributed by atoms with Crippen molar-refractivity contribution < 1.29 is 14.0 Å². The molecule has 0 aromatic heterocycles. The minimum atomic E-state index is -0.776. The molecule has 0 heterocycles. The largest absolute Gasteiger partial charge is 0.340 e. The molecule has 0 fully saturated rings. The molecule has 5 heteroatoms. The van der Waals surface area contributed by atoms with Crippen LogP contribution in [0.2, 0.25) is 0 Å². The number of benzene rings is 2. The smallest absolute Gasteiger partial charge is 0.254 e. The third kappa shape index (κ3) is 4.69. The molecule has 0 aliphatic heterocycles. The molecule has 2 aromatic rings. The molecule has 2 aromatic carbocycles. The van der Waals surface area contributed by atoms with Crippen LogP contribution in [0, 0.1) is 11.7 Å². The third-order valence-electron chi connectivity index (χ3n) is 4.19. The van der Waals surface area contributed by atoms with E-state index >= 15 is 0 Å². The van der Waals surface area contributed by atoms with Gasteiger partial charge in [-0.05, 0) is 35.6 Å². The van der Waals surface area contributed by atoms with Crippen LogP contribution in [0.4, 0.5) is 10.1 Å². The Kier molecular flexibility index (Phi) is 6.50. The third-order valence-corrected chi connectivity index (χ3v) is 4.19. The van der Waals surface area contributed by atoms with Gasteiger partial charge in [0, 0.05) is 5.69 Å². The Hall–Kier alpha value is -2.69. The molecule has 2 amide bonds. The van der Waals surface area contributed by atoms with Gasteiger partial charge in [-0.1, -0.05) is 58.0 Å². The molecule has 0 aliphatic carbocycles. The first-order valence-corrected chi connectivity index (χ1v) is 8.76. The number of para-hydroxylation sites is 1. The molecular weight excluding hydrogens is 331 g/mol. The van der Waals surface area contributed by atoms with E-state index in [4.69, 9.17) is 0 Å². The first-order valence-electron chi connectivity index (χ1n) is 8.76. The van der Waals surface area contributed by atoms with Crippen molar-refractivity contribution in [2.75, 3.05) is 5.32 Å². The maximum atomic E-state index is 13.8. The van der Waals surface area contributed by atoms with Crippen LogP contribution in [0.25, 0.3) is 0 Å². The lowest BCUT2D eigenvalue weighted by Crippen LogP contribution is -2.47. The van der Waals surface area contributed by atoms with E-state index < -0.39 is 17.8 Å². The summed E-state index contributed by atoms with van der Waals surface area (Å²) in [6.07, 6.45) is 0. The van der Waals surface area contributed by atoms with Crippen LogP contribution in [0.15, 0.2) is 48.5 Å². The summed E-state index contributed by atoms with van der Waals surface area (Å²) in [7, 11) is 0. The van der Waals surface area contributed by atoms with Gasteiger partial charge in [0.2, 0.25) is 5.91 Å². The molecule has 26 heavy (non-hydrogen) atoms. The van der Waals surface area contributed by atoms with Crippen LogP contribution < -0.4 is 10.6 Å². The van der Waals surface area contributed by atoms with Crippen molar-refractivity contribution >= 4 is 17.5 Å². The number of hydrogen-bond donors (Lipinski definition) is 2. The van der Waals surface area contributed by atoms with Crippen LogP contribution in [-0.4, -0.2) is 17.9 Å². The number of halogens is 1. The minimum absolute atomic E-state index is 0.0754. The van der Waals surface area contributed by atoms with Crippen molar-refractivity contribution in [1.82, 2.24) is 5.32 Å². The monoisotopic (exact) mass is 356 g/mol. The summed E-state index contributed by atoms with van der Waals surface area (Å²) in [5.74, 6) is -1.45. The number of anilines is 1. The zero-order chi connectivity index (χ0) is 19.3. The average molecular weight is 356 g/mol. The highest BCUT2D eigenvalue weighted by Gasteiger charge is 2.26. The van der Waals surface area contributed by atoms with Gasteiger partial charge in [-0.2, -0.15) is 0 Å². The highest BCUT2D eigenvalue weighted by atomic mass is 19.1. The van der Waals surface area contributed by atoms with Gasteiger partial charge in [0.15, 0.2) is 0 Å². The number of hydrogen-bond acceptors (Lipinski definition) is 2. The van der Waals surface area contributed by atoms with Gasteiger partial charge in [0.05, 0.1) is 5.56 Å². The summed E-state index contributed by atoms with van der Waals surface area (Å²) in [5, 5.41) is 5.55. The van der Waals surface area contributed by atoms with Crippen molar-refractivity contribution in [3.63, 3.8) is 0 Å². The Morgan fingerprint density at radius 1 is 0.923 bits per heavy atom. The van der Waals surface area contributed by atoms with Gasteiger partial charge in [-0.15, -0.1) is 0 Å². The molecule has 0 spiro atoms. The van der Waals surface area contributed by atoms with E-state index in [9.17, 15) is 14.0 Å². The van der Waals surface area contributed by atoms with Crippen LogP contribution in [0.1, 0.15) is 49.5 Å². The van der Waals surface area contributed by atoms with E-state index in [0.29, 0.717) is 0 Å². The van der Waals surface area contributed by atoms with Gasteiger partial charge < -0.3 is 10.6 Å². The average Bonchev–Trinajstić information content (AvgIpc) is 2.59. The molecule has 0 radical (unpaired) electrons. The number of carbonyl (C=O) groups excluding carboxylic acids is 2. The molecule has 138 valence electrons. The van der Waals surface area contributed by atoms with Crippen LogP contribution in [-0.2, 0) is 4.79 Å². The van der Waals surface area contributed by atoms with Gasteiger partial charge in [0.1, 0.15) is 11.9 Å². The van der Waals surface area contributed by atoms with Crippen LogP contribution in [0.5, 0.6) is 0 Å².